The first-order valence-corrected chi connectivity index (χ1v) is 3.41. The summed E-state index contributed by atoms with van der Waals surface area (Å²) in [7, 11) is 0. The van der Waals surface area contributed by atoms with Crippen molar-refractivity contribution in [1.29, 1.82) is 5.26 Å². The number of nitrogens with zero attached hydrogens (tertiary/aromatic N) is 2. The van der Waals surface area contributed by atoms with Crippen LogP contribution in [-0.2, 0) is 6.54 Å². The third kappa shape index (κ3) is 1.94. The van der Waals surface area contributed by atoms with E-state index in [0.717, 1.165) is 13.0 Å². The van der Waals surface area contributed by atoms with E-state index in [-0.39, 0.29) is 0 Å². The number of unbranched alkanes of at least 4 members (excludes halogenated alkanes) is 1. The molecule has 2 heteroatoms. The Bertz CT molecular complexity index is 206. The SMILES string of the molecule is N#CCCCn1cccc1. The summed E-state index contributed by atoms with van der Waals surface area (Å²) in [5.41, 5.74) is 0. The zero-order valence-electron chi connectivity index (χ0n) is 5.83. The lowest BCUT2D eigenvalue weighted by Crippen LogP contribution is -1.92. The van der Waals surface area contributed by atoms with Crippen LogP contribution < -0.4 is 0 Å². The molecular formula is C8H10N2. The summed E-state index contributed by atoms with van der Waals surface area (Å²) >= 11 is 0. The average molecular weight is 134 g/mol. The molecule has 0 aliphatic heterocycles. The van der Waals surface area contributed by atoms with Crippen LogP contribution in [0.5, 0.6) is 0 Å². The smallest absolute Gasteiger partial charge is 0.0622 e. The van der Waals surface area contributed by atoms with E-state index >= 15 is 0 Å². The molecule has 2 nitrogen and oxygen atoms in total. The van der Waals surface area contributed by atoms with Gasteiger partial charge in [0.1, 0.15) is 0 Å². The number of hydrogen-bond acceptors (Lipinski definition) is 1. The third-order valence-corrected chi connectivity index (χ3v) is 1.37. The van der Waals surface area contributed by atoms with Gasteiger partial charge in [-0.3, -0.25) is 0 Å². The fourth-order valence-corrected chi connectivity index (χ4v) is 0.860. The molecule has 0 atom stereocenters. The van der Waals surface area contributed by atoms with Crippen LogP contribution in [-0.4, -0.2) is 4.57 Å². The first-order chi connectivity index (χ1) is 4.93. The van der Waals surface area contributed by atoms with Crippen molar-refractivity contribution in [3.63, 3.8) is 0 Å². The first-order valence-electron chi connectivity index (χ1n) is 3.41. The Hall–Kier alpha value is -1.23. The largest absolute Gasteiger partial charge is 0.354 e. The molecule has 0 spiro atoms. The Morgan fingerprint density at radius 3 is 2.60 bits per heavy atom. The zero-order valence-corrected chi connectivity index (χ0v) is 5.83. The van der Waals surface area contributed by atoms with Crippen molar-refractivity contribution < 1.29 is 0 Å². The minimum absolute atomic E-state index is 0.651. The maximum absolute atomic E-state index is 8.24. The lowest BCUT2D eigenvalue weighted by Gasteiger charge is -1.96. The van der Waals surface area contributed by atoms with Crippen LogP contribution in [0.25, 0.3) is 0 Å². The summed E-state index contributed by atoms with van der Waals surface area (Å²) in [5, 5.41) is 8.24. The first kappa shape index (κ1) is 6.88. The van der Waals surface area contributed by atoms with E-state index in [1.54, 1.807) is 0 Å². The van der Waals surface area contributed by atoms with Crippen LogP contribution in [0.15, 0.2) is 24.5 Å². The van der Waals surface area contributed by atoms with Crippen LogP contribution in [0.1, 0.15) is 12.8 Å². The van der Waals surface area contributed by atoms with Gasteiger partial charge in [-0.1, -0.05) is 0 Å². The van der Waals surface area contributed by atoms with Crippen LogP contribution in [0.2, 0.25) is 0 Å². The highest BCUT2D eigenvalue weighted by atomic mass is 14.9. The second-order valence-corrected chi connectivity index (χ2v) is 2.18. The van der Waals surface area contributed by atoms with E-state index in [9.17, 15) is 0 Å². The van der Waals surface area contributed by atoms with Gasteiger partial charge in [-0.2, -0.15) is 5.26 Å². The fourth-order valence-electron chi connectivity index (χ4n) is 0.860. The number of hydrogen-bond donors (Lipinski definition) is 0. The minimum atomic E-state index is 0.651. The number of aryl methyl sites for hydroxylation is 1. The third-order valence-electron chi connectivity index (χ3n) is 1.37. The molecule has 1 rings (SSSR count). The maximum Gasteiger partial charge on any atom is 0.0622 e. The molecule has 1 aromatic heterocycles. The molecule has 0 saturated heterocycles. The lowest BCUT2D eigenvalue weighted by molar-refractivity contribution is 0.657. The van der Waals surface area contributed by atoms with E-state index in [0.29, 0.717) is 6.42 Å². The van der Waals surface area contributed by atoms with E-state index in [4.69, 9.17) is 5.26 Å². The van der Waals surface area contributed by atoms with Crippen LogP contribution in [0.4, 0.5) is 0 Å². The second-order valence-electron chi connectivity index (χ2n) is 2.18. The topological polar surface area (TPSA) is 28.7 Å². The van der Waals surface area contributed by atoms with E-state index in [2.05, 4.69) is 10.6 Å². The number of rotatable bonds is 3. The fraction of sp³-hybridized carbons (Fsp3) is 0.375. The molecule has 0 aromatic carbocycles. The average Bonchev–Trinajstić information content (AvgIpc) is 2.41. The van der Waals surface area contributed by atoms with Gasteiger partial charge in [0.25, 0.3) is 0 Å². The van der Waals surface area contributed by atoms with Gasteiger partial charge < -0.3 is 4.57 Å². The lowest BCUT2D eigenvalue weighted by atomic mass is 10.3. The summed E-state index contributed by atoms with van der Waals surface area (Å²) in [6, 6.07) is 6.10. The molecule has 1 aromatic rings. The van der Waals surface area contributed by atoms with E-state index < -0.39 is 0 Å². The molecule has 0 radical (unpaired) electrons. The molecule has 0 bridgehead atoms. The van der Waals surface area contributed by atoms with Crippen molar-refractivity contribution in [2.75, 3.05) is 0 Å². The van der Waals surface area contributed by atoms with Crippen LogP contribution in [0.3, 0.4) is 0 Å². The minimum Gasteiger partial charge on any atom is -0.354 e. The summed E-state index contributed by atoms with van der Waals surface area (Å²) in [6.07, 6.45) is 5.62. The highest BCUT2D eigenvalue weighted by Crippen LogP contribution is 1.94. The monoisotopic (exact) mass is 134 g/mol. The summed E-state index contributed by atoms with van der Waals surface area (Å²) < 4.78 is 2.08. The highest BCUT2D eigenvalue weighted by molar-refractivity contribution is 4.90. The van der Waals surface area contributed by atoms with Crippen LogP contribution >= 0.6 is 0 Å². The quantitative estimate of drug-likeness (QED) is 0.579. The Kier molecular flexibility index (Phi) is 2.57. The summed E-state index contributed by atoms with van der Waals surface area (Å²) in [5.74, 6) is 0. The van der Waals surface area contributed by atoms with Crippen molar-refractivity contribution in [3.8, 4) is 6.07 Å². The number of aromatic nitrogens is 1. The van der Waals surface area contributed by atoms with Gasteiger partial charge in [0.15, 0.2) is 0 Å². The van der Waals surface area contributed by atoms with Gasteiger partial charge in [-0.25, -0.2) is 0 Å². The van der Waals surface area contributed by atoms with Crippen molar-refractivity contribution in [3.05, 3.63) is 24.5 Å². The predicted molar refractivity (Wildman–Crippen MR) is 39.3 cm³/mol. The van der Waals surface area contributed by atoms with Gasteiger partial charge in [0, 0.05) is 25.4 Å². The Morgan fingerprint density at radius 2 is 2.00 bits per heavy atom. The van der Waals surface area contributed by atoms with Gasteiger partial charge in [-0.15, -0.1) is 0 Å². The molecular weight excluding hydrogens is 124 g/mol. The standard InChI is InChI=1S/C8H10N2/c9-5-1-2-6-10-7-3-4-8-10/h3-4,7-8H,1-2,6H2. The van der Waals surface area contributed by atoms with Crippen LogP contribution in [0, 0.1) is 11.3 Å². The molecule has 52 valence electrons. The Morgan fingerprint density at radius 1 is 1.30 bits per heavy atom. The summed E-state index contributed by atoms with van der Waals surface area (Å²) in [6.45, 7) is 0.959. The molecule has 0 fully saturated rings. The zero-order chi connectivity index (χ0) is 7.23. The second kappa shape index (κ2) is 3.73. The molecule has 1 heterocycles. The van der Waals surface area contributed by atoms with E-state index in [1.165, 1.54) is 0 Å². The Balaban J connectivity index is 2.23. The molecule has 10 heavy (non-hydrogen) atoms. The molecule has 0 N–H and O–H groups in total. The molecule has 0 aliphatic carbocycles. The number of nitriles is 1. The molecule has 0 unspecified atom stereocenters. The van der Waals surface area contributed by atoms with E-state index in [1.807, 2.05) is 24.5 Å². The van der Waals surface area contributed by atoms with Crippen molar-refractivity contribution >= 4 is 0 Å². The van der Waals surface area contributed by atoms with Gasteiger partial charge in [-0.05, 0) is 18.6 Å². The molecule has 0 aliphatic rings. The maximum atomic E-state index is 8.24. The Labute approximate surface area is 60.7 Å². The van der Waals surface area contributed by atoms with Gasteiger partial charge >= 0.3 is 0 Å². The molecule has 0 saturated carbocycles. The highest BCUT2D eigenvalue weighted by Gasteiger charge is 1.86. The normalized spacial score (nSPS) is 9.10. The van der Waals surface area contributed by atoms with Gasteiger partial charge in [0.2, 0.25) is 0 Å². The molecule has 0 amide bonds. The predicted octanol–water partition coefficient (Wildman–Crippen LogP) is 1.79. The van der Waals surface area contributed by atoms with Crippen molar-refractivity contribution in [2.45, 2.75) is 19.4 Å². The van der Waals surface area contributed by atoms with Crippen molar-refractivity contribution in [1.82, 2.24) is 4.57 Å². The van der Waals surface area contributed by atoms with Crippen molar-refractivity contribution in [2.24, 2.45) is 0 Å². The van der Waals surface area contributed by atoms with Gasteiger partial charge in [0.05, 0.1) is 6.07 Å². The summed E-state index contributed by atoms with van der Waals surface area (Å²) in [4.78, 5) is 0.